The summed E-state index contributed by atoms with van der Waals surface area (Å²) in [5.41, 5.74) is -0.467. The van der Waals surface area contributed by atoms with Crippen molar-refractivity contribution in [2.45, 2.75) is 62.1 Å². The van der Waals surface area contributed by atoms with Crippen molar-refractivity contribution >= 4 is 31.8 Å². The maximum absolute atomic E-state index is 13.9. The van der Waals surface area contributed by atoms with E-state index in [1.807, 2.05) is 0 Å². The summed E-state index contributed by atoms with van der Waals surface area (Å²) >= 11 is 1.09. The Morgan fingerprint density at radius 3 is 2.41 bits per heavy atom. The fraction of sp³-hybridized carbons (Fsp3) is 0.522. The first-order chi connectivity index (χ1) is 15.7. The Morgan fingerprint density at radius 2 is 1.85 bits per heavy atom. The van der Waals surface area contributed by atoms with E-state index < -0.39 is 42.6 Å². The molecule has 0 saturated carbocycles. The lowest BCUT2D eigenvalue weighted by molar-refractivity contribution is -0.178. The van der Waals surface area contributed by atoms with E-state index >= 15 is 0 Å². The molecule has 34 heavy (non-hydrogen) atoms. The molecular formula is C23H30F3N3O3SSi. The number of nitrogens with one attached hydrogen (secondary N) is 1. The summed E-state index contributed by atoms with van der Waals surface area (Å²) in [4.78, 5) is 28.8. The van der Waals surface area contributed by atoms with Crippen LogP contribution in [0.4, 0.5) is 19.0 Å². The van der Waals surface area contributed by atoms with Gasteiger partial charge in [-0.3, -0.25) is 9.36 Å². The van der Waals surface area contributed by atoms with Gasteiger partial charge in [-0.15, -0.1) is 11.8 Å². The van der Waals surface area contributed by atoms with Crippen LogP contribution in [0.2, 0.25) is 18.1 Å². The van der Waals surface area contributed by atoms with Crippen LogP contribution in [0.25, 0.3) is 0 Å². The molecule has 11 heteroatoms. The second-order valence-electron chi connectivity index (χ2n) is 9.93. The maximum Gasteiger partial charge on any atom is 0.394 e. The molecule has 1 aliphatic heterocycles. The van der Waals surface area contributed by atoms with Gasteiger partial charge in [0, 0.05) is 23.6 Å². The molecule has 0 aliphatic carbocycles. The van der Waals surface area contributed by atoms with Gasteiger partial charge in [0.25, 0.3) is 5.91 Å². The lowest BCUT2D eigenvalue weighted by atomic mass is 10.0. The molecule has 2 heterocycles. The second-order valence-corrected chi connectivity index (χ2v) is 16.2. The zero-order chi connectivity index (χ0) is 25.3. The molecule has 2 aromatic rings. The number of carbonyl (C=O) groups excluding carboxylic acids is 1. The Hall–Kier alpha value is -2.11. The third kappa shape index (κ3) is 6.11. The molecule has 0 radical (unpaired) electrons. The van der Waals surface area contributed by atoms with Crippen molar-refractivity contribution in [3.8, 4) is 0 Å². The van der Waals surface area contributed by atoms with E-state index in [4.69, 9.17) is 4.43 Å². The number of hydrogen-bond donors (Lipinski definition) is 1. The summed E-state index contributed by atoms with van der Waals surface area (Å²) in [5.74, 6) is -2.18. The van der Waals surface area contributed by atoms with Gasteiger partial charge in [0.05, 0.1) is 11.3 Å². The van der Waals surface area contributed by atoms with Crippen LogP contribution in [0.1, 0.15) is 42.9 Å². The van der Waals surface area contributed by atoms with E-state index in [1.165, 1.54) is 12.3 Å². The Kier molecular flexibility index (Phi) is 7.69. The average molecular weight is 514 g/mol. The molecule has 1 aromatic heterocycles. The highest BCUT2D eigenvalue weighted by atomic mass is 32.2. The highest BCUT2D eigenvalue weighted by Gasteiger charge is 2.52. The Balaban J connectivity index is 1.77. The molecule has 1 aliphatic rings. The molecule has 1 N–H and O–H groups in total. The Morgan fingerprint density at radius 1 is 1.21 bits per heavy atom. The van der Waals surface area contributed by atoms with Gasteiger partial charge in [-0.05, 0) is 42.8 Å². The van der Waals surface area contributed by atoms with Crippen molar-refractivity contribution in [2.75, 3.05) is 11.9 Å². The minimum absolute atomic E-state index is 0.0144. The Bertz CT molecular complexity index is 1070. The van der Waals surface area contributed by atoms with E-state index in [1.54, 1.807) is 30.3 Å². The molecule has 3 rings (SSSR count). The molecule has 0 spiro atoms. The minimum atomic E-state index is -4.47. The molecule has 186 valence electrons. The van der Waals surface area contributed by atoms with Gasteiger partial charge in [-0.2, -0.15) is 18.2 Å². The van der Waals surface area contributed by atoms with Crippen LogP contribution in [-0.4, -0.2) is 41.8 Å². The van der Waals surface area contributed by atoms with Crippen LogP contribution in [0.5, 0.6) is 0 Å². The predicted molar refractivity (Wildman–Crippen MR) is 131 cm³/mol. The minimum Gasteiger partial charge on any atom is -0.416 e. The summed E-state index contributed by atoms with van der Waals surface area (Å²) in [5, 5.41) is 0.915. The third-order valence-electron chi connectivity index (χ3n) is 6.43. The standard InChI is InChI=1S/C23H30F3N3O3SSi/c1-22(2,3)34(4,5)32-14-16-13-17(23(24,25)26)20(33-16)29-12-11-18(28-21(29)31)27-19(30)15-9-7-6-8-10-15/h6-12,16-17,20H,13-14H2,1-5H3,(H,27,28,30,31)/t16-,17-,20-/m1/s1. The summed E-state index contributed by atoms with van der Waals surface area (Å²) < 4.78 is 48.8. The smallest absolute Gasteiger partial charge is 0.394 e. The van der Waals surface area contributed by atoms with Gasteiger partial charge < -0.3 is 9.74 Å². The first-order valence-corrected chi connectivity index (χ1v) is 14.9. The number of hydrogen-bond acceptors (Lipinski definition) is 5. The van der Waals surface area contributed by atoms with E-state index in [-0.39, 0.29) is 23.9 Å². The molecule has 0 bridgehead atoms. The normalized spacial score (nSPS) is 21.5. The van der Waals surface area contributed by atoms with Gasteiger partial charge in [0.2, 0.25) is 0 Å². The zero-order valence-electron chi connectivity index (χ0n) is 19.8. The number of carbonyl (C=O) groups is 1. The molecule has 1 amide bonds. The number of thioether (sulfide) groups is 1. The van der Waals surface area contributed by atoms with Crippen molar-refractivity contribution in [1.29, 1.82) is 0 Å². The maximum atomic E-state index is 13.9. The number of halogens is 3. The quantitative estimate of drug-likeness (QED) is 0.502. The van der Waals surface area contributed by atoms with Crippen LogP contribution >= 0.6 is 11.8 Å². The van der Waals surface area contributed by atoms with Gasteiger partial charge in [-0.1, -0.05) is 39.0 Å². The number of alkyl halides is 3. The van der Waals surface area contributed by atoms with Crippen LogP contribution in [0.15, 0.2) is 47.4 Å². The Labute approximate surface area is 202 Å². The fourth-order valence-electron chi connectivity index (χ4n) is 3.38. The van der Waals surface area contributed by atoms with E-state index in [0.717, 1.165) is 16.3 Å². The summed E-state index contributed by atoms with van der Waals surface area (Å²) in [6, 6.07) is 9.70. The SMILES string of the molecule is CC(C)(C)[Si](C)(C)OC[C@H]1C[C@@H](C(F)(F)F)[C@H](n2ccc(NC(=O)c3ccccc3)nc2=O)S1. The van der Waals surface area contributed by atoms with Crippen LogP contribution in [0.3, 0.4) is 0 Å². The highest BCUT2D eigenvalue weighted by molar-refractivity contribution is 8.00. The lowest BCUT2D eigenvalue weighted by Gasteiger charge is -2.36. The van der Waals surface area contributed by atoms with E-state index in [0.29, 0.717) is 5.56 Å². The second kappa shape index (κ2) is 9.86. The fourth-order valence-corrected chi connectivity index (χ4v) is 6.16. The van der Waals surface area contributed by atoms with Crippen LogP contribution in [-0.2, 0) is 4.43 Å². The number of rotatable bonds is 6. The number of anilines is 1. The van der Waals surface area contributed by atoms with Crippen molar-refractivity contribution in [2.24, 2.45) is 5.92 Å². The number of aromatic nitrogens is 2. The third-order valence-corrected chi connectivity index (χ3v) is 12.5. The summed E-state index contributed by atoms with van der Waals surface area (Å²) in [7, 11) is -2.12. The summed E-state index contributed by atoms with van der Waals surface area (Å²) in [6.07, 6.45) is -3.33. The molecule has 1 saturated heterocycles. The van der Waals surface area contributed by atoms with Crippen LogP contribution in [0, 0.1) is 5.92 Å². The molecule has 0 unspecified atom stereocenters. The molecular weight excluding hydrogens is 483 g/mol. The molecule has 6 nitrogen and oxygen atoms in total. The van der Waals surface area contributed by atoms with Gasteiger partial charge >= 0.3 is 11.9 Å². The summed E-state index contributed by atoms with van der Waals surface area (Å²) in [6.45, 7) is 10.5. The zero-order valence-corrected chi connectivity index (χ0v) is 21.7. The number of benzene rings is 1. The van der Waals surface area contributed by atoms with Crippen molar-refractivity contribution in [1.82, 2.24) is 9.55 Å². The number of nitrogens with zero attached hydrogens (tertiary/aromatic N) is 2. The molecule has 1 aromatic carbocycles. The number of amides is 1. The van der Waals surface area contributed by atoms with Crippen molar-refractivity contribution in [3.05, 3.63) is 58.6 Å². The monoisotopic (exact) mass is 513 g/mol. The van der Waals surface area contributed by atoms with Gasteiger partial charge in [0.15, 0.2) is 8.32 Å². The molecule has 3 atom stereocenters. The van der Waals surface area contributed by atoms with Crippen molar-refractivity contribution in [3.63, 3.8) is 0 Å². The topological polar surface area (TPSA) is 73.2 Å². The van der Waals surface area contributed by atoms with E-state index in [2.05, 4.69) is 44.2 Å². The lowest BCUT2D eigenvalue weighted by Crippen LogP contribution is -2.42. The molecule has 1 fully saturated rings. The van der Waals surface area contributed by atoms with Crippen LogP contribution < -0.4 is 11.0 Å². The first kappa shape index (κ1) is 26.5. The van der Waals surface area contributed by atoms with Gasteiger partial charge in [0.1, 0.15) is 5.82 Å². The average Bonchev–Trinajstić information content (AvgIpc) is 3.17. The van der Waals surface area contributed by atoms with Gasteiger partial charge in [-0.25, -0.2) is 4.79 Å². The van der Waals surface area contributed by atoms with E-state index in [9.17, 15) is 22.8 Å². The van der Waals surface area contributed by atoms with Crippen molar-refractivity contribution < 1.29 is 22.4 Å². The largest absolute Gasteiger partial charge is 0.416 e. The first-order valence-electron chi connectivity index (χ1n) is 11.0. The predicted octanol–water partition coefficient (Wildman–Crippen LogP) is 5.70. The highest BCUT2D eigenvalue weighted by Crippen LogP contribution is 2.52.